The molecular weight excluding hydrogens is 248 g/mol. The minimum Gasteiger partial charge on any atom is -0.389 e. The molecule has 0 unspecified atom stereocenters. The fourth-order valence-corrected chi connectivity index (χ4v) is 3.05. The fraction of sp³-hybridized carbons (Fsp3) is 0.412. The van der Waals surface area contributed by atoms with Crippen molar-refractivity contribution < 1.29 is 5.11 Å². The van der Waals surface area contributed by atoms with Crippen molar-refractivity contribution in [1.82, 2.24) is 9.97 Å². The summed E-state index contributed by atoms with van der Waals surface area (Å²) in [6.45, 7) is 3.70. The summed E-state index contributed by atoms with van der Waals surface area (Å²) in [5.41, 5.74) is 2.97. The molecule has 0 aliphatic heterocycles. The number of aliphatic hydroxyl groups is 1. The lowest BCUT2D eigenvalue weighted by atomic mass is 9.64. The van der Waals surface area contributed by atoms with Gasteiger partial charge in [-0.05, 0) is 32.3 Å². The average molecular weight is 268 g/mol. The first kappa shape index (κ1) is 13.3. The number of aliphatic hydroxyl groups excluding tert-OH is 1. The molecule has 1 aliphatic carbocycles. The summed E-state index contributed by atoms with van der Waals surface area (Å²) in [7, 11) is 0. The second-order valence-electron chi connectivity index (χ2n) is 5.71. The van der Waals surface area contributed by atoms with Gasteiger partial charge in [-0.1, -0.05) is 36.8 Å². The molecule has 0 bridgehead atoms. The van der Waals surface area contributed by atoms with Crippen LogP contribution in [0.25, 0.3) is 0 Å². The molecule has 3 nitrogen and oxygen atoms in total. The van der Waals surface area contributed by atoms with Gasteiger partial charge >= 0.3 is 0 Å². The van der Waals surface area contributed by atoms with Crippen molar-refractivity contribution in [3.05, 3.63) is 59.2 Å². The van der Waals surface area contributed by atoms with Gasteiger partial charge in [0, 0.05) is 17.5 Å². The smallest absolute Gasteiger partial charge is 0.139 e. The molecule has 1 aromatic carbocycles. The lowest BCUT2D eigenvalue weighted by Gasteiger charge is -2.41. The standard InChI is InChI=1S/C17H20N2O/c1-12-15(13(2)20)11-18-16(19-12)17(9-6-10-17)14-7-4-3-5-8-14/h3-5,7-8,11,13,20H,6,9-10H2,1-2H3/t13-/m1/s1. The summed E-state index contributed by atoms with van der Waals surface area (Å²) in [6, 6.07) is 10.5. The predicted octanol–water partition coefficient (Wildman–Crippen LogP) is 3.31. The van der Waals surface area contributed by atoms with E-state index in [9.17, 15) is 5.11 Å². The molecule has 1 saturated carbocycles. The second kappa shape index (κ2) is 4.98. The highest BCUT2D eigenvalue weighted by Crippen LogP contribution is 2.47. The van der Waals surface area contributed by atoms with Gasteiger partial charge in [0.15, 0.2) is 0 Å². The van der Waals surface area contributed by atoms with E-state index in [4.69, 9.17) is 4.98 Å². The molecule has 1 atom stereocenters. The van der Waals surface area contributed by atoms with Gasteiger partial charge in [0.1, 0.15) is 5.82 Å². The zero-order valence-electron chi connectivity index (χ0n) is 12.0. The van der Waals surface area contributed by atoms with E-state index in [0.29, 0.717) is 0 Å². The lowest BCUT2D eigenvalue weighted by Crippen LogP contribution is -2.37. The minimum atomic E-state index is -0.516. The quantitative estimate of drug-likeness (QED) is 0.929. The molecule has 2 aromatic rings. The minimum absolute atomic E-state index is 0.0246. The van der Waals surface area contributed by atoms with Crippen LogP contribution in [0.2, 0.25) is 0 Å². The zero-order valence-corrected chi connectivity index (χ0v) is 12.0. The van der Waals surface area contributed by atoms with Gasteiger partial charge in [-0.25, -0.2) is 9.97 Å². The van der Waals surface area contributed by atoms with Gasteiger partial charge in [0.25, 0.3) is 0 Å². The summed E-state index contributed by atoms with van der Waals surface area (Å²) in [6.07, 6.45) is 4.69. The Labute approximate surface area is 119 Å². The van der Waals surface area contributed by atoms with E-state index in [-0.39, 0.29) is 5.41 Å². The van der Waals surface area contributed by atoms with Crippen molar-refractivity contribution in [2.45, 2.75) is 44.6 Å². The van der Waals surface area contributed by atoms with Crippen molar-refractivity contribution in [2.24, 2.45) is 0 Å². The summed E-state index contributed by atoms with van der Waals surface area (Å²) < 4.78 is 0. The van der Waals surface area contributed by atoms with Gasteiger partial charge < -0.3 is 5.11 Å². The number of nitrogens with zero attached hydrogens (tertiary/aromatic N) is 2. The second-order valence-corrected chi connectivity index (χ2v) is 5.71. The van der Waals surface area contributed by atoms with Crippen LogP contribution >= 0.6 is 0 Å². The maximum absolute atomic E-state index is 9.71. The molecule has 1 heterocycles. The number of hydrogen-bond acceptors (Lipinski definition) is 3. The normalized spacial score (nSPS) is 18.4. The van der Waals surface area contributed by atoms with E-state index in [1.807, 2.05) is 13.0 Å². The van der Waals surface area contributed by atoms with E-state index in [1.54, 1.807) is 13.1 Å². The predicted molar refractivity (Wildman–Crippen MR) is 78.5 cm³/mol. The summed E-state index contributed by atoms with van der Waals surface area (Å²) in [4.78, 5) is 9.25. The van der Waals surface area contributed by atoms with E-state index < -0.39 is 6.10 Å². The van der Waals surface area contributed by atoms with Crippen molar-refractivity contribution in [3.8, 4) is 0 Å². The van der Waals surface area contributed by atoms with Crippen LogP contribution in [0.1, 0.15) is 54.9 Å². The van der Waals surface area contributed by atoms with E-state index >= 15 is 0 Å². The Morgan fingerprint density at radius 2 is 1.90 bits per heavy atom. The molecule has 1 aliphatic rings. The monoisotopic (exact) mass is 268 g/mol. The Kier molecular flexibility index (Phi) is 3.30. The number of hydrogen-bond donors (Lipinski definition) is 1. The highest BCUT2D eigenvalue weighted by Gasteiger charge is 2.43. The van der Waals surface area contributed by atoms with Crippen molar-refractivity contribution >= 4 is 0 Å². The molecule has 20 heavy (non-hydrogen) atoms. The zero-order chi connectivity index (χ0) is 14.2. The Balaban J connectivity index is 2.05. The maximum atomic E-state index is 9.71. The summed E-state index contributed by atoms with van der Waals surface area (Å²) in [5.74, 6) is 0.900. The van der Waals surface area contributed by atoms with Crippen LogP contribution in [-0.2, 0) is 5.41 Å². The third kappa shape index (κ3) is 2.02. The van der Waals surface area contributed by atoms with Crippen molar-refractivity contribution in [3.63, 3.8) is 0 Å². The summed E-state index contributed by atoms with van der Waals surface area (Å²) in [5, 5.41) is 9.71. The number of benzene rings is 1. The first-order chi connectivity index (χ1) is 9.63. The fourth-order valence-electron chi connectivity index (χ4n) is 3.05. The van der Waals surface area contributed by atoms with Gasteiger partial charge in [0.2, 0.25) is 0 Å². The largest absolute Gasteiger partial charge is 0.389 e. The van der Waals surface area contributed by atoms with Gasteiger partial charge in [0.05, 0.1) is 11.5 Å². The molecule has 3 heteroatoms. The molecule has 1 fully saturated rings. The van der Waals surface area contributed by atoms with Crippen LogP contribution in [0.15, 0.2) is 36.5 Å². The van der Waals surface area contributed by atoms with Crippen LogP contribution < -0.4 is 0 Å². The maximum Gasteiger partial charge on any atom is 0.139 e. The first-order valence-electron chi connectivity index (χ1n) is 7.21. The third-order valence-corrected chi connectivity index (χ3v) is 4.43. The van der Waals surface area contributed by atoms with Crippen molar-refractivity contribution in [1.29, 1.82) is 0 Å². The molecule has 0 spiro atoms. The number of aromatic nitrogens is 2. The van der Waals surface area contributed by atoms with Crippen LogP contribution in [0.3, 0.4) is 0 Å². The third-order valence-electron chi connectivity index (χ3n) is 4.43. The summed E-state index contributed by atoms with van der Waals surface area (Å²) >= 11 is 0. The topological polar surface area (TPSA) is 46.0 Å². The Morgan fingerprint density at radius 1 is 1.20 bits per heavy atom. The number of rotatable bonds is 3. The molecule has 104 valence electrons. The van der Waals surface area contributed by atoms with Crippen LogP contribution in [0, 0.1) is 6.92 Å². The molecule has 0 amide bonds. The van der Waals surface area contributed by atoms with Gasteiger partial charge in [-0.15, -0.1) is 0 Å². The molecular formula is C17H20N2O. The van der Waals surface area contributed by atoms with Crippen LogP contribution in [0.5, 0.6) is 0 Å². The van der Waals surface area contributed by atoms with E-state index in [1.165, 1.54) is 12.0 Å². The molecule has 1 aromatic heterocycles. The Bertz CT molecular complexity index is 604. The van der Waals surface area contributed by atoms with Gasteiger partial charge in [-0.3, -0.25) is 0 Å². The first-order valence-corrected chi connectivity index (χ1v) is 7.21. The van der Waals surface area contributed by atoms with Crippen molar-refractivity contribution in [2.75, 3.05) is 0 Å². The van der Waals surface area contributed by atoms with E-state index in [0.717, 1.165) is 29.9 Å². The molecule has 0 radical (unpaired) electrons. The molecule has 3 rings (SSSR count). The highest BCUT2D eigenvalue weighted by atomic mass is 16.3. The SMILES string of the molecule is Cc1nc(C2(c3ccccc3)CCC2)ncc1[C@@H](C)O. The highest BCUT2D eigenvalue weighted by molar-refractivity contribution is 5.36. The Morgan fingerprint density at radius 3 is 2.40 bits per heavy atom. The molecule has 0 saturated heterocycles. The average Bonchev–Trinajstić information content (AvgIpc) is 2.38. The van der Waals surface area contributed by atoms with Crippen LogP contribution in [-0.4, -0.2) is 15.1 Å². The Hall–Kier alpha value is -1.74. The van der Waals surface area contributed by atoms with Crippen LogP contribution in [0.4, 0.5) is 0 Å². The van der Waals surface area contributed by atoms with E-state index in [2.05, 4.69) is 29.2 Å². The number of aryl methyl sites for hydroxylation is 1. The molecule has 1 N–H and O–H groups in total. The lowest BCUT2D eigenvalue weighted by molar-refractivity contribution is 0.196. The van der Waals surface area contributed by atoms with Gasteiger partial charge in [-0.2, -0.15) is 0 Å².